The smallest absolute Gasteiger partial charge is 0.264 e. The molecule has 0 saturated heterocycles. The van der Waals surface area contributed by atoms with Crippen molar-refractivity contribution in [1.82, 2.24) is 10.2 Å². The van der Waals surface area contributed by atoms with Crippen molar-refractivity contribution in [2.75, 3.05) is 10.8 Å². The van der Waals surface area contributed by atoms with Gasteiger partial charge in [-0.05, 0) is 75.1 Å². The first-order chi connectivity index (χ1) is 19.5. The molecule has 4 rings (SSSR count). The van der Waals surface area contributed by atoms with Gasteiger partial charge < -0.3 is 10.2 Å². The lowest BCUT2D eigenvalue weighted by Crippen LogP contribution is -2.52. The van der Waals surface area contributed by atoms with Crippen molar-refractivity contribution in [2.45, 2.75) is 70.0 Å². The number of anilines is 1. The number of sulfonamides is 1. The summed E-state index contributed by atoms with van der Waals surface area (Å²) in [6.45, 7) is 4.71. The lowest BCUT2D eigenvalue weighted by Gasteiger charge is -2.33. The minimum Gasteiger partial charge on any atom is -0.352 e. The van der Waals surface area contributed by atoms with Gasteiger partial charge in [0.25, 0.3) is 10.0 Å². The predicted molar refractivity (Wildman–Crippen MR) is 164 cm³/mol. The van der Waals surface area contributed by atoms with Gasteiger partial charge in [-0.25, -0.2) is 8.42 Å². The Morgan fingerprint density at radius 2 is 1.59 bits per heavy atom. The van der Waals surface area contributed by atoms with E-state index < -0.39 is 28.5 Å². The van der Waals surface area contributed by atoms with Gasteiger partial charge in [0.05, 0.1) is 10.6 Å². The summed E-state index contributed by atoms with van der Waals surface area (Å²) in [4.78, 5) is 29.0. The average molecular weight is 617 g/mol. The zero-order chi connectivity index (χ0) is 29.7. The third kappa shape index (κ3) is 7.23. The number of nitrogens with zero attached hydrogens (tertiary/aromatic N) is 2. The first kappa shape index (κ1) is 30.9. The van der Waals surface area contributed by atoms with E-state index in [1.165, 1.54) is 17.0 Å². The number of rotatable bonds is 10. The van der Waals surface area contributed by atoms with Gasteiger partial charge in [0.2, 0.25) is 11.8 Å². The Labute approximate surface area is 252 Å². The number of benzene rings is 3. The second kappa shape index (κ2) is 13.3. The Kier molecular flexibility index (Phi) is 10.00. The molecule has 1 saturated carbocycles. The van der Waals surface area contributed by atoms with Crippen molar-refractivity contribution in [3.8, 4) is 0 Å². The highest BCUT2D eigenvalue weighted by Crippen LogP contribution is 2.30. The minimum absolute atomic E-state index is 0.0516. The van der Waals surface area contributed by atoms with Gasteiger partial charge in [0.15, 0.2) is 0 Å². The van der Waals surface area contributed by atoms with E-state index in [0.717, 1.165) is 35.6 Å². The zero-order valence-corrected chi connectivity index (χ0v) is 25.8. The highest BCUT2D eigenvalue weighted by molar-refractivity contribution is 7.92. The summed E-state index contributed by atoms with van der Waals surface area (Å²) in [5.74, 6) is -0.868. The van der Waals surface area contributed by atoms with Crippen LogP contribution in [-0.2, 0) is 26.2 Å². The highest BCUT2D eigenvalue weighted by atomic mass is 35.5. The lowest BCUT2D eigenvalue weighted by molar-refractivity contribution is -0.139. The molecule has 10 heteroatoms. The van der Waals surface area contributed by atoms with E-state index in [9.17, 15) is 18.0 Å². The molecule has 2 amide bonds. The fourth-order valence-corrected chi connectivity index (χ4v) is 7.06. The van der Waals surface area contributed by atoms with Gasteiger partial charge >= 0.3 is 0 Å². The van der Waals surface area contributed by atoms with Crippen LogP contribution < -0.4 is 9.62 Å². The SMILES string of the molecule is Cc1ccc(C)c(N(CC(=O)N(Cc2c(Cl)cccc2Cl)[C@@H](C)C(=O)NC2CCCC2)S(=O)(=O)c2ccccc2)c1. The Morgan fingerprint density at radius 3 is 2.22 bits per heavy atom. The van der Waals surface area contributed by atoms with E-state index in [1.54, 1.807) is 56.3 Å². The van der Waals surface area contributed by atoms with E-state index in [1.807, 2.05) is 19.1 Å². The third-order valence-electron chi connectivity index (χ3n) is 7.50. The van der Waals surface area contributed by atoms with E-state index in [4.69, 9.17) is 23.2 Å². The van der Waals surface area contributed by atoms with Crippen LogP contribution in [0.1, 0.15) is 49.3 Å². The maximum atomic E-state index is 14.2. The fraction of sp³-hybridized carbons (Fsp3) is 0.355. The Morgan fingerprint density at radius 1 is 0.951 bits per heavy atom. The number of aryl methyl sites for hydroxylation is 2. The maximum Gasteiger partial charge on any atom is 0.264 e. The van der Waals surface area contributed by atoms with E-state index in [-0.39, 0.29) is 23.4 Å². The van der Waals surface area contributed by atoms with Gasteiger partial charge in [-0.2, -0.15) is 0 Å². The fourth-order valence-electron chi connectivity index (χ4n) is 5.05. The van der Waals surface area contributed by atoms with E-state index in [2.05, 4.69) is 5.32 Å². The number of nitrogens with one attached hydrogen (secondary N) is 1. The molecule has 0 spiro atoms. The van der Waals surface area contributed by atoms with Crippen LogP contribution in [0.5, 0.6) is 0 Å². The molecule has 3 aromatic carbocycles. The molecule has 1 N–H and O–H groups in total. The number of carbonyl (C=O) groups excluding carboxylic acids is 2. The standard InChI is InChI=1S/C31H35Cl2N3O4S/c1-21-16-17-22(2)29(18-21)36(41(39,40)25-12-5-4-6-13-25)20-30(37)35(19-26-27(32)14-9-15-28(26)33)23(3)31(38)34-24-10-7-8-11-24/h4-6,9,12-18,23-24H,7-8,10-11,19-20H2,1-3H3,(H,34,38)/t23-/m0/s1. The second-order valence-corrected chi connectivity index (χ2v) is 13.2. The number of hydrogen-bond acceptors (Lipinski definition) is 4. The molecule has 1 fully saturated rings. The summed E-state index contributed by atoms with van der Waals surface area (Å²) >= 11 is 12.9. The van der Waals surface area contributed by atoms with Gasteiger partial charge in [-0.3, -0.25) is 13.9 Å². The number of carbonyl (C=O) groups is 2. The van der Waals surface area contributed by atoms with Gasteiger partial charge in [-0.15, -0.1) is 0 Å². The summed E-state index contributed by atoms with van der Waals surface area (Å²) in [7, 11) is -4.14. The Balaban J connectivity index is 1.74. The summed E-state index contributed by atoms with van der Waals surface area (Å²) in [6.07, 6.45) is 3.86. The van der Waals surface area contributed by atoms with Crippen LogP contribution in [0.25, 0.3) is 0 Å². The molecule has 0 aromatic heterocycles. The van der Waals surface area contributed by atoms with Crippen LogP contribution in [0, 0.1) is 13.8 Å². The first-order valence-electron chi connectivity index (χ1n) is 13.7. The molecule has 0 unspecified atom stereocenters. The van der Waals surface area contributed by atoms with Crippen LogP contribution in [0.15, 0.2) is 71.6 Å². The first-order valence-corrected chi connectivity index (χ1v) is 15.9. The normalized spacial score (nSPS) is 14.5. The van der Waals surface area contributed by atoms with Crippen LogP contribution in [0.2, 0.25) is 10.0 Å². The molecule has 0 radical (unpaired) electrons. The number of hydrogen-bond donors (Lipinski definition) is 1. The Bertz CT molecular complexity index is 1490. The van der Waals surface area contributed by atoms with Crippen molar-refractivity contribution >= 4 is 50.7 Å². The Hall–Kier alpha value is -3.07. The summed E-state index contributed by atoms with van der Waals surface area (Å²) in [5.41, 5.74) is 2.40. The molecule has 3 aromatic rings. The van der Waals surface area contributed by atoms with Crippen LogP contribution in [0.4, 0.5) is 5.69 Å². The molecule has 218 valence electrons. The van der Waals surface area contributed by atoms with E-state index in [0.29, 0.717) is 26.9 Å². The summed E-state index contributed by atoms with van der Waals surface area (Å²) < 4.78 is 29.1. The molecule has 7 nitrogen and oxygen atoms in total. The molecule has 41 heavy (non-hydrogen) atoms. The van der Waals surface area contributed by atoms with Crippen LogP contribution in [0.3, 0.4) is 0 Å². The lowest BCUT2D eigenvalue weighted by atomic mass is 10.1. The molecular formula is C31H35Cl2N3O4S. The maximum absolute atomic E-state index is 14.2. The quantitative estimate of drug-likeness (QED) is 0.291. The van der Waals surface area contributed by atoms with Crippen molar-refractivity contribution < 1.29 is 18.0 Å². The average Bonchev–Trinajstić information content (AvgIpc) is 3.46. The van der Waals surface area contributed by atoms with Crippen molar-refractivity contribution in [2.24, 2.45) is 0 Å². The highest BCUT2D eigenvalue weighted by Gasteiger charge is 2.34. The zero-order valence-electron chi connectivity index (χ0n) is 23.4. The number of halogens is 2. The second-order valence-electron chi connectivity index (χ2n) is 10.5. The molecule has 0 aliphatic heterocycles. The largest absolute Gasteiger partial charge is 0.352 e. The van der Waals surface area contributed by atoms with Gasteiger partial charge in [-0.1, -0.05) is 72.4 Å². The third-order valence-corrected chi connectivity index (χ3v) is 9.98. The van der Waals surface area contributed by atoms with Crippen LogP contribution in [-0.4, -0.2) is 43.8 Å². The van der Waals surface area contributed by atoms with E-state index >= 15 is 0 Å². The molecule has 1 atom stereocenters. The molecule has 1 aliphatic rings. The minimum atomic E-state index is -4.14. The summed E-state index contributed by atoms with van der Waals surface area (Å²) in [6, 6.07) is 17.6. The monoisotopic (exact) mass is 615 g/mol. The predicted octanol–water partition coefficient (Wildman–Crippen LogP) is 6.28. The molecular weight excluding hydrogens is 581 g/mol. The molecule has 0 bridgehead atoms. The number of amides is 2. The van der Waals surface area contributed by atoms with Crippen molar-refractivity contribution in [3.05, 3.63) is 93.5 Å². The summed E-state index contributed by atoms with van der Waals surface area (Å²) in [5, 5.41) is 3.75. The van der Waals surface area contributed by atoms with Crippen molar-refractivity contribution in [3.63, 3.8) is 0 Å². The molecule has 0 heterocycles. The van der Waals surface area contributed by atoms with Gasteiger partial charge in [0, 0.05) is 28.2 Å². The van der Waals surface area contributed by atoms with Crippen LogP contribution >= 0.6 is 23.2 Å². The topological polar surface area (TPSA) is 86.8 Å². The van der Waals surface area contributed by atoms with Gasteiger partial charge in [0.1, 0.15) is 12.6 Å². The van der Waals surface area contributed by atoms with Crippen molar-refractivity contribution in [1.29, 1.82) is 0 Å². The molecule has 1 aliphatic carbocycles.